The number of hydrogen-bond acceptors (Lipinski definition) is 4. The zero-order chi connectivity index (χ0) is 19.9. The fraction of sp³-hybridized carbons (Fsp3) is 0.0769. The molecule has 0 atom stereocenters. The van der Waals surface area contributed by atoms with Gasteiger partial charge in [0.1, 0.15) is 0 Å². The maximum atomic E-state index is 2.33. The van der Waals surface area contributed by atoms with Crippen molar-refractivity contribution in [3.05, 3.63) is 108 Å². The van der Waals surface area contributed by atoms with Crippen molar-refractivity contribution in [1.29, 1.82) is 0 Å². The molecule has 30 heavy (non-hydrogen) atoms. The summed E-state index contributed by atoms with van der Waals surface area (Å²) in [6.45, 7) is 0. The second kappa shape index (κ2) is 8.08. The lowest BCUT2D eigenvalue weighted by Gasteiger charge is -2.08. The second-order valence-electron chi connectivity index (χ2n) is 7.26. The van der Waals surface area contributed by atoms with Gasteiger partial charge in [-0.05, 0) is 51.1 Å². The third-order valence-electron chi connectivity index (χ3n) is 5.36. The molecule has 0 unspecified atom stereocenters. The zero-order valence-corrected chi connectivity index (χ0v) is 19.4. The molecule has 3 aromatic carbocycles. The van der Waals surface area contributed by atoms with Gasteiger partial charge in [-0.15, -0.1) is 23.5 Å². The van der Waals surface area contributed by atoms with E-state index in [2.05, 4.69) is 84.9 Å². The lowest BCUT2D eigenvalue weighted by Crippen LogP contribution is -1.88. The molecule has 6 rings (SSSR count). The summed E-state index contributed by atoms with van der Waals surface area (Å²) < 4.78 is 4.40. The van der Waals surface area contributed by atoms with Crippen LogP contribution in [0, 0.1) is 0 Å². The summed E-state index contributed by atoms with van der Waals surface area (Å²) >= 11 is 7.90. The molecule has 2 aliphatic heterocycles. The topological polar surface area (TPSA) is 0 Å². The molecule has 1 aliphatic carbocycles. The van der Waals surface area contributed by atoms with Gasteiger partial charge in [0.25, 0.3) is 0 Å². The molecule has 0 radical (unpaired) electrons. The summed E-state index contributed by atoms with van der Waals surface area (Å²) in [4.78, 5) is 0. The highest BCUT2D eigenvalue weighted by atomic mass is 32.3. The Morgan fingerprint density at radius 1 is 0.533 bits per heavy atom. The average Bonchev–Trinajstić information content (AvgIpc) is 3.34. The number of thioether (sulfide) groups is 4. The van der Waals surface area contributed by atoms with E-state index in [0.29, 0.717) is 0 Å². The molecule has 4 heteroatoms. The molecule has 0 spiro atoms. The molecule has 0 saturated carbocycles. The van der Waals surface area contributed by atoms with Crippen LogP contribution in [0.15, 0.2) is 85.5 Å². The molecule has 2 heterocycles. The minimum absolute atomic E-state index is 1.24. The smallest absolute Gasteiger partial charge is 0.0660 e. The molecule has 146 valence electrons. The van der Waals surface area contributed by atoms with E-state index < -0.39 is 0 Å². The maximum Gasteiger partial charge on any atom is 0.0660 e. The molecule has 0 bridgehead atoms. The minimum atomic E-state index is 1.24. The summed E-state index contributed by atoms with van der Waals surface area (Å²) in [5.41, 5.74) is 9.17. The Bertz CT molecular complexity index is 1160. The first-order valence-electron chi connectivity index (χ1n) is 9.93. The van der Waals surface area contributed by atoms with Crippen molar-refractivity contribution in [2.75, 3.05) is 11.5 Å². The predicted molar refractivity (Wildman–Crippen MR) is 140 cm³/mol. The van der Waals surface area contributed by atoms with Crippen molar-refractivity contribution < 1.29 is 0 Å². The Morgan fingerprint density at radius 2 is 1.00 bits per heavy atom. The van der Waals surface area contributed by atoms with Crippen LogP contribution in [0.25, 0.3) is 28.9 Å². The molecule has 0 fully saturated rings. The van der Waals surface area contributed by atoms with Crippen molar-refractivity contribution >= 4 is 64.8 Å². The van der Waals surface area contributed by atoms with Gasteiger partial charge in [0.2, 0.25) is 0 Å². The molecule has 0 N–H and O–H groups in total. The van der Waals surface area contributed by atoms with Crippen molar-refractivity contribution in [3.63, 3.8) is 0 Å². The van der Waals surface area contributed by atoms with Crippen LogP contribution in [-0.4, -0.2) is 11.5 Å². The first-order chi connectivity index (χ1) is 14.8. The Labute approximate surface area is 194 Å². The van der Waals surface area contributed by atoms with Gasteiger partial charge in [0.15, 0.2) is 0 Å². The Balaban J connectivity index is 1.29. The van der Waals surface area contributed by atoms with Gasteiger partial charge in [-0.25, -0.2) is 0 Å². The summed E-state index contributed by atoms with van der Waals surface area (Å²) in [7, 11) is 0. The van der Waals surface area contributed by atoms with Gasteiger partial charge in [0, 0.05) is 11.5 Å². The van der Waals surface area contributed by atoms with Crippen LogP contribution in [0.1, 0.15) is 22.3 Å². The van der Waals surface area contributed by atoms with Gasteiger partial charge in [-0.1, -0.05) is 96.3 Å². The fourth-order valence-corrected chi connectivity index (χ4v) is 9.88. The van der Waals surface area contributed by atoms with E-state index in [1.807, 2.05) is 47.0 Å². The van der Waals surface area contributed by atoms with Crippen molar-refractivity contribution in [1.82, 2.24) is 0 Å². The highest BCUT2D eigenvalue weighted by Gasteiger charge is 2.25. The van der Waals surface area contributed by atoms with E-state index in [4.69, 9.17) is 0 Å². The van der Waals surface area contributed by atoms with E-state index in [0.717, 1.165) is 0 Å². The largest absolute Gasteiger partial charge is 0.116 e. The monoisotopic (exact) mass is 458 g/mol. The van der Waals surface area contributed by atoms with Crippen LogP contribution < -0.4 is 0 Å². The second-order valence-corrected chi connectivity index (χ2v) is 12.3. The summed E-state index contributed by atoms with van der Waals surface area (Å²) in [6, 6.07) is 26.4. The molecule has 0 amide bonds. The summed E-state index contributed by atoms with van der Waals surface area (Å²) in [5.74, 6) is 2.47. The van der Waals surface area contributed by atoms with E-state index in [1.165, 1.54) is 63.2 Å². The van der Waals surface area contributed by atoms with Crippen LogP contribution in [0.4, 0.5) is 0 Å². The zero-order valence-electron chi connectivity index (χ0n) is 16.1. The predicted octanol–water partition coefficient (Wildman–Crippen LogP) is 8.64. The van der Waals surface area contributed by atoms with E-state index in [9.17, 15) is 0 Å². The van der Waals surface area contributed by atoms with Gasteiger partial charge in [-0.2, -0.15) is 0 Å². The van der Waals surface area contributed by atoms with Crippen molar-refractivity contribution in [2.45, 2.75) is 0 Å². The number of benzene rings is 3. The Hall–Kier alpha value is -1.72. The molecule has 3 aromatic rings. The van der Waals surface area contributed by atoms with Gasteiger partial charge >= 0.3 is 0 Å². The fourth-order valence-electron chi connectivity index (χ4n) is 3.99. The lowest BCUT2D eigenvalue weighted by molar-refractivity contribution is 1.56. The number of hydrogen-bond donors (Lipinski definition) is 0. The first kappa shape index (κ1) is 19.0. The molecular formula is C26H18S4. The summed E-state index contributed by atoms with van der Waals surface area (Å²) in [5, 5.41) is 0. The minimum Gasteiger partial charge on any atom is -0.116 e. The van der Waals surface area contributed by atoms with Crippen LogP contribution in [0.3, 0.4) is 0 Å². The van der Waals surface area contributed by atoms with E-state index >= 15 is 0 Å². The summed E-state index contributed by atoms with van der Waals surface area (Å²) in [6.07, 6.45) is 4.65. The van der Waals surface area contributed by atoms with Gasteiger partial charge < -0.3 is 0 Å². The molecule has 0 saturated heterocycles. The molecule has 3 aliphatic rings. The van der Waals surface area contributed by atoms with Gasteiger partial charge in [-0.3, -0.25) is 0 Å². The third kappa shape index (κ3) is 3.50. The lowest BCUT2D eigenvalue weighted by atomic mass is 10.0. The molecule has 0 nitrogen and oxygen atoms in total. The number of fused-ring (bicyclic) bond motifs is 3. The quantitative estimate of drug-likeness (QED) is 0.295. The van der Waals surface area contributed by atoms with Crippen molar-refractivity contribution in [2.24, 2.45) is 0 Å². The van der Waals surface area contributed by atoms with E-state index in [-0.39, 0.29) is 0 Å². The average molecular weight is 459 g/mol. The Kier molecular flexibility index (Phi) is 5.12. The first-order valence-corrected chi connectivity index (χ1v) is 13.5. The third-order valence-corrected chi connectivity index (χ3v) is 11.0. The normalized spacial score (nSPS) is 16.9. The van der Waals surface area contributed by atoms with E-state index in [1.54, 1.807) is 0 Å². The molecule has 0 aromatic heterocycles. The molecular weight excluding hydrogens is 441 g/mol. The standard InChI is InChI=1S/C26H18S4/c1-3-7-21-19(5-1)20-6-2-4-8-22(20)23(21)15-17-9-11-18(12-10-17)16-24-29-25-26(30-24)28-14-13-27-25/h1-12,15-16H,13-14H2. The van der Waals surface area contributed by atoms with Crippen LogP contribution >= 0.6 is 47.0 Å². The van der Waals surface area contributed by atoms with Crippen LogP contribution in [-0.2, 0) is 0 Å². The van der Waals surface area contributed by atoms with Gasteiger partial charge in [0.05, 0.1) is 12.7 Å². The van der Waals surface area contributed by atoms with Crippen LogP contribution in [0.5, 0.6) is 0 Å². The van der Waals surface area contributed by atoms with Crippen molar-refractivity contribution in [3.8, 4) is 11.1 Å². The maximum absolute atomic E-state index is 2.33. The highest BCUT2D eigenvalue weighted by Crippen LogP contribution is 2.59. The Morgan fingerprint density at radius 3 is 1.53 bits per heavy atom. The SMILES string of the molecule is C(=C1SC2=C(SCCS2)S1)c1ccc(C=C2c3ccccc3-c3ccccc32)cc1. The van der Waals surface area contributed by atoms with Crippen LogP contribution in [0.2, 0.25) is 0 Å². The highest BCUT2D eigenvalue weighted by molar-refractivity contribution is 8.41. The number of rotatable bonds is 2.